The monoisotopic (exact) mass is 387 g/mol. The second kappa shape index (κ2) is 9.76. The Morgan fingerprint density at radius 3 is 2.59 bits per heavy atom. The number of thiophene rings is 1. The van der Waals surface area contributed by atoms with Crippen LogP contribution >= 0.6 is 11.3 Å². The molecule has 0 spiro atoms. The molecule has 1 saturated heterocycles. The lowest BCUT2D eigenvalue weighted by Gasteiger charge is -2.38. The molecule has 27 heavy (non-hydrogen) atoms. The van der Waals surface area contributed by atoms with E-state index in [1.54, 1.807) is 18.4 Å². The zero-order valence-electron chi connectivity index (χ0n) is 16.2. The third-order valence-electron chi connectivity index (χ3n) is 5.09. The smallest absolute Gasteiger partial charge is 0.191 e. The van der Waals surface area contributed by atoms with Crippen LogP contribution in [0.15, 0.2) is 46.1 Å². The summed E-state index contributed by atoms with van der Waals surface area (Å²) in [5, 5.41) is 11.2. The van der Waals surface area contributed by atoms with Crippen molar-refractivity contribution in [2.75, 3.05) is 33.4 Å². The summed E-state index contributed by atoms with van der Waals surface area (Å²) in [6.45, 7) is 6.03. The third-order valence-corrected chi connectivity index (χ3v) is 5.82. The lowest BCUT2D eigenvalue weighted by atomic mass is 9.74. The fourth-order valence-corrected chi connectivity index (χ4v) is 4.08. The van der Waals surface area contributed by atoms with Gasteiger partial charge in [0, 0.05) is 31.7 Å². The lowest BCUT2D eigenvalue weighted by Crippen LogP contribution is -2.48. The first kappa shape index (κ1) is 19.7. The van der Waals surface area contributed by atoms with Gasteiger partial charge in [-0.05, 0) is 59.9 Å². The number of hydrogen-bond donors (Lipinski definition) is 2. The number of nitrogens with zero attached hydrogens (tertiary/aromatic N) is 1. The summed E-state index contributed by atoms with van der Waals surface area (Å²) in [5.74, 6) is 1.75. The number of methoxy groups -OCH3 is 1. The normalized spacial score (nSPS) is 16.7. The molecule has 0 unspecified atom stereocenters. The van der Waals surface area contributed by atoms with Crippen LogP contribution in [0.25, 0.3) is 0 Å². The molecule has 1 aliphatic heterocycles. The highest BCUT2D eigenvalue weighted by Crippen LogP contribution is 2.35. The summed E-state index contributed by atoms with van der Waals surface area (Å²) in [4.78, 5) is 4.74. The molecule has 0 radical (unpaired) electrons. The molecule has 0 amide bonds. The van der Waals surface area contributed by atoms with Gasteiger partial charge in [0.25, 0.3) is 0 Å². The molecule has 2 N–H and O–H groups in total. The zero-order chi connectivity index (χ0) is 19.0. The predicted octanol–water partition coefficient (Wildman–Crippen LogP) is 3.56. The van der Waals surface area contributed by atoms with Crippen molar-refractivity contribution in [1.29, 1.82) is 0 Å². The summed E-state index contributed by atoms with van der Waals surface area (Å²) in [6.07, 6.45) is 1.99. The zero-order valence-corrected chi connectivity index (χ0v) is 17.0. The van der Waals surface area contributed by atoms with Crippen LogP contribution in [0.1, 0.15) is 30.9 Å². The average Bonchev–Trinajstić information content (AvgIpc) is 3.24. The van der Waals surface area contributed by atoms with Crippen LogP contribution < -0.4 is 15.4 Å². The first-order chi connectivity index (χ1) is 13.3. The summed E-state index contributed by atoms with van der Waals surface area (Å²) in [5.41, 5.74) is 2.62. The van der Waals surface area contributed by atoms with Gasteiger partial charge in [-0.2, -0.15) is 11.3 Å². The van der Waals surface area contributed by atoms with Crippen LogP contribution in [0.2, 0.25) is 0 Å². The molecule has 1 aliphatic rings. The quantitative estimate of drug-likeness (QED) is 0.563. The van der Waals surface area contributed by atoms with Gasteiger partial charge in [0.1, 0.15) is 5.75 Å². The summed E-state index contributed by atoms with van der Waals surface area (Å²) >= 11 is 1.71. The van der Waals surface area contributed by atoms with Crippen molar-refractivity contribution < 1.29 is 9.47 Å². The minimum Gasteiger partial charge on any atom is -0.497 e. The number of benzene rings is 1. The number of rotatable bonds is 7. The molecule has 0 atom stereocenters. The van der Waals surface area contributed by atoms with Crippen LogP contribution in [-0.4, -0.2) is 39.4 Å². The highest BCUT2D eigenvalue weighted by Gasteiger charge is 2.34. The molecule has 146 valence electrons. The Hall–Kier alpha value is -2.05. The Bertz CT molecular complexity index is 708. The van der Waals surface area contributed by atoms with Crippen LogP contribution in [0, 0.1) is 0 Å². The maximum absolute atomic E-state index is 5.64. The van der Waals surface area contributed by atoms with Gasteiger partial charge >= 0.3 is 0 Å². The Morgan fingerprint density at radius 1 is 1.19 bits per heavy atom. The molecule has 0 saturated carbocycles. The topological polar surface area (TPSA) is 54.9 Å². The SMILES string of the molecule is CCNC(=NCc1ccsc1)NCC1(c2ccc(OC)cc2)CCOCC1. The molecular weight excluding hydrogens is 358 g/mol. The van der Waals surface area contributed by atoms with E-state index in [0.717, 1.165) is 50.9 Å². The van der Waals surface area contributed by atoms with Gasteiger partial charge in [-0.15, -0.1) is 0 Å². The minimum atomic E-state index is 0.0447. The molecule has 1 fully saturated rings. The number of guanidine groups is 1. The van der Waals surface area contributed by atoms with Gasteiger partial charge in [0.05, 0.1) is 13.7 Å². The van der Waals surface area contributed by atoms with Crippen LogP contribution in [0.4, 0.5) is 0 Å². The molecule has 0 bridgehead atoms. The Kier molecular flexibility index (Phi) is 7.12. The standard InChI is InChI=1S/C21H29N3O2S/c1-3-22-20(23-14-17-8-13-27-15-17)24-16-21(9-11-26-12-10-21)18-4-6-19(25-2)7-5-18/h4-8,13,15H,3,9-12,14,16H2,1-2H3,(H2,22,23,24). The second-order valence-electron chi connectivity index (χ2n) is 6.80. The summed E-state index contributed by atoms with van der Waals surface area (Å²) in [7, 11) is 1.70. The van der Waals surface area contributed by atoms with E-state index in [0.29, 0.717) is 6.54 Å². The molecule has 1 aromatic heterocycles. The number of aliphatic imine (C=N–C) groups is 1. The van der Waals surface area contributed by atoms with E-state index < -0.39 is 0 Å². The van der Waals surface area contributed by atoms with Gasteiger partial charge in [-0.3, -0.25) is 0 Å². The van der Waals surface area contributed by atoms with E-state index >= 15 is 0 Å². The first-order valence-electron chi connectivity index (χ1n) is 9.51. The van der Waals surface area contributed by atoms with E-state index in [1.807, 2.05) is 12.1 Å². The highest BCUT2D eigenvalue weighted by molar-refractivity contribution is 7.07. The molecule has 1 aromatic carbocycles. The second-order valence-corrected chi connectivity index (χ2v) is 7.58. The third kappa shape index (κ3) is 5.23. The maximum Gasteiger partial charge on any atom is 0.191 e. The Morgan fingerprint density at radius 2 is 1.96 bits per heavy atom. The number of ether oxygens (including phenoxy) is 2. The fraction of sp³-hybridized carbons (Fsp3) is 0.476. The van der Waals surface area contributed by atoms with Crippen LogP contribution in [0.5, 0.6) is 5.75 Å². The van der Waals surface area contributed by atoms with Crippen molar-refractivity contribution in [3.8, 4) is 5.75 Å². The molecular formula is C21H29N3O2S. The molecule has 3 rings (SSSR count). The van der Waals surface area contributed by atoms with Crippen LogP contribution in [-0.2, 0) is 16.7 Å². The van der Waals surface area contributed by atoms with Crippen molar-refractivity contribution in [1.82, 2.24) is 10.6 Å². The van der Waals surface area contributed by atoms with Gasteiger partial charge < -0.3 is 20.1 Å². The predicted molar refractivity (Wildman–Crippen MR) is 112 cm³/mol. The van der Waals surface area contributed by atoms with Gasteiger partial charge in [0.15, 0.2) is 5.96 Å². The van der Waals surface area contributed by atoms with E-state index in [9.17, 15) is 0 Å². The van der Waals surface area contributed by atoms with Crippen molar-refractivity contribution in [3.63, 3.8) is 0 Å². The van der Waals surface area contributed by atoms with E-state index in [2.05, 4.69) is 46.5 Å². The molecule has 2 heterocycles. The fourth-order valence-electron chi connectivity index (χ4n) is 3.42. The van der Waals surface area contributed by atoms with Gasteiger partial charge in [0.2, 0.25) is 0 Å². The van der Waals surface area contributed by atoms with Gasteiger partial charge in [-0.1, -0.05) is 12.1 Å². The molecule has 6 heteroatoms. The van der Waals surface area contributed by atoms with Crippen LogP contribution in [0.3, 0.4) is 0 Å². The Balaban J connectivity index is 1.73. The van der Waals surface area contributed by atoms with Crippen molar-refractivity contribution in [2.45, 2.75) is 31.7 Å². The number of hydrogen-bond acceptors (Lipinski definition) is 4. The molecule has 2 aromatic rings. The minimum absolute atomic E-state index is 0.0447. The summed E-state index contributed by atoms with van der Waals surface area (Å²) < 4.78 is 11.0. The van der Waals surface area contributed by atoms with Crippen molar-refractivity contribution in [3.05, 3.63) is 52.2 Å². The van der Waals surface area contributed by atoms with Crippen molar-refractivity contribution >= 4 is 17.3 Å². The van der Waals surface area contributed by atoms with Gasteiger partial charge in [-0.25, -0.2) is 4.99 Å². The van der Waals surface area contributed by atoms with E-state index in [-0.39, 0.29) is 5.41 Å². The molecule has 0 aliphatic carbocycles. The highest BCUT2D eigenvalue weighted by atomic mass is 32.1. The Labute approximate surface area is 165 Å². The first-order valence-corrected chi connectivity index (χ1v) is 10.5. The summed E-state index contributed by atoms with van der Waals surface area (Å²) in [6, 6.07) is 10.6. The maximum atomic E-state index is 5.64. The van der Waals surface area contributed by atoms with E-state index in [4.69, 9.17) is 14.5 Å². The van der Waals surface area contributed by atoms with Crippen molar-refractivity contribution in [2.24, 2.45) is 4.99 Å². The van der Waals surface area contributed by atoms with E-state index in [1.165, 1.54) is 11.1 Å². The number of nitrogens with one attached hydrogen (secondary N) is 2. The largest absolute Gasteiger partial charge is 0.497 e. The molecule has 5 nitrogen and oxygen atoms in total. The average molecular weight is 388 g/mol. The lowest BCUT2D eigenvalue weighted by molar-refractivity contribution is 0.0513.